The van der Waals surface area contributed by atoms with Crippen molar-refractivity contribution in [3.05, 3.63) is 12.2 Å². The molecule has 1 aliphatic carbocycles. The molecule has 3 aliphatic heterocycles. The van der Waals surface area contributed by atoms with Crippen molar-refractivity contribution in [3.63, 3.8) is 0 Å². The van der Waals surface area contributed by atoms with Crippen LogP contribution in [0.2, 0.25) is 0 Å². The van der Waals surface area contributed by atoms with Crippen LogP contribution in [0.3, 0.4) is 0 Å². The van der Waals surface area contributed by atoms with Gasteiger partial charge in [-0.2, -0.15) is 0 Å². The van der Waals surface area contributed by atoms with Crippen molar-refractivity contribution in [1.29, 1.82) is 0 Å². The number of amides is 5. The van der Waals surface area contributed by atoms with E-state index in [1.807, 2.05) is 6.08 Å². The first-order valence-electron chi connectivity index (χ1n) is 15.1. The van der Waals surface area contributed by atoms with Crippen LogP contribution in [0.15, 0.2) is 12.2 Å². The highest BCUT2D eigenvalue weighted by molar-refractivity contribution is 8.76. The lowest BCUT2D eigenvalue weighted by Crippen LogP contribution is -2.58. The second-order valence-electron chi connectivity index (χ2n) is 11.2. The molecule has 0 aromatic heterocycles. The molecule has 3 atom stereocenters. The van der Waals surface area contributed by atoms with E-state index in [0.29, 0.717) is 51.3 Å². The highest BCUT2D eigenvalue weighted by Crippen LogP contribution is 2.36. The molecule has 4 aliphatic rings. The summed E-state index contributed by atoms with van der Waals surface area (Å²) in [6.07, 6.45) is 3.71. The third-order valence-corrected chi connectivity index (χ3v) is 10.1. The minimum atomic E-state index is -1.13. The molecule has 1 spiro atoms. The summed E-state index contributed by atoms with van der Waals surface area (Å²) in [5.41, 5.74) is -1.10. The zero-order chi connectivity index (χ0) is 31.4. The van der Waals surface area contributed by atoms with E-state index in [1.54, 1.807) is 6.08 Å². The average Bonchev–Trinajstić information content (AvgIpc) is 3.78. The summed E-state index contributed by atoms with van der Waals surface area (Å²) in [5.74, 6) is -2.04. The van der Waals surface area contributed by atoms with Crippen molar-refractivity contribution in [2.24, 2.45) is 0 Å². The van der Waals surface area contributed by atoms with E-state index < -0.39 is 53.3 Å². The second kappa shape index (κ2) is 17.0. The van der Waals surface area contributed by atoms with Crippen LogP contribution in [0, 0.1) is 0 Å². The zero-order valence-corrected chi connectivity index (χ0v) is 26.4. The molecule has 14 nitrogen and oxygen atoms in total. The third kappa shape index (κ3) is 11.0. The molecule has 16 heteroatoms. The Kier molecular flexibility index (Phi) is 13.2. The van der Waals surface area contributed by atoms with Crippen LogP contribution in [0.25, 0.3) is 0 Å². The van der Waals surface area contributed by atoms with E-state index >= 15 is 0 Å². The number of fused-ring (bicyclic) bond motifs is 7. The summed E-state index contributed by atoms with van der Waals surface area (Å²) in [6.45, 7) is 4.04. The molecule has 5 N–H and O–H groups in total. The molecular formula is C28H42N6O8S2. The molecule has 4 rings (SSSR count). The molecule has 1 saturated carbocycles. The minimum absolute atomic E-state index is 0.0101. The third-order valence-electron chi connectivity index (χ3n) is 7.67. The molecule has 244 valence electrons. The lowest BCUT2D eigenvalue weighted by atomic mass is 10.1. The van der Waals surface area contributed by atoms with Gasteiger partial charge in [0.1, 0.15) is 23.7 Å². The molecule has 44 heavy (non-hydrogen) atoms. The van der Waals surface area contributed by atoms with Crippen molar-refractivity contribution in [1.82, 2.24) is 31.5 Å². The zero-order valence-electron chi connectivity index (χ0n) is 24.7. The number of carbonyl (C=O) groups is 6. The smallest absolute Gasteiger partial charge is 0.308 e. The minimum Gasteiger partial charge on any atom is -0.458 e. The topological polar surface area (TPSA) is 184 Å². The van der Waals surface area contributed by atoms with Gasteiger partial charge in [0.2, 0.25) is 29.5 Å². The van der Waals surface area contributed by atoms with Crippen molar-refractivity contribution < 1.29 is 38.2 Å². The van der Waals surface area contributed by atoms with Gasteiger partial charge in [0.05, 0.1) is 26.1 Å². The highest BCUT2D eigenvalue weighted by Gasteiger charge is 2.51. The molecule has 0 radical (unpaired) electrons. The maximum absolute atomic E-state index is 13.5. The quantitative estimate of drug-likeness (QED) is 0.134. The highest BCUT2D eigenvalue weighted by atomic mass is 33.1. The van der Waals surface area contributed by atoms with Crippen LogP contribution in [-0.4, -0.2) is 122 Å². The SMILES string of the molecule is O=C(CC[C@H]1NC(=O)C[C@H]2/C=C/CCSSC[C@@H](NC1=O)C(=O)NC1(CC1)C(=O)NCCC(=O)O2)NCCN1CCOCC1. The lowest BCUT2D eigenvalue weighted by Gasteiger charge is -2.26. The fourth-order valence-electron chi connectivity index (χ4n) is 4.92. The monoisotopic (exact) mass is 654 g/mol. The molecule has 0 aromatic carbocycles. The maximum atomic E-state index is 13.5. The first kappa shape index (κ1) is 34.1. The van der Waals surface area contributed by atoms with E-state index in [4.69, 9.17) is 9.47 Å². The number of morpholine rings is 1. The first-order chi connectivity index (χ1) is 21.2. The van der Waals surface area contributed by atoms with Crippen LogP contribution in [-0.2, 0) is 38.2 Å². The van der Waals surface area contributed by atoms with Gasteiger partial charge in [-0.25, -0.2) is 0 Å². The van der Waals surface area contributed by atoms with E-state index in [2.05, 4.69) is 31.5 Å². The number of nitrogens with one attached hydrogen (secondary N) is 5. The van der Waals surface area contributed by atoms with Crippen molar-refractivity contribution in [3.8, 4) is 0 Å². The summed E-state index contributed by atoms with van der Waals surface area (Å²) in [7, 11) is 2.92. The molecular weight excluding hydrogens is 612 g/mol. The van der Waals surface area contributed by atoms with Crippen molar-refractivity contribution in [2.45, 2.75) is 68.7 Å². The Morgan fingerprint density at radius 1 is 1.07 bits per heavy atom. The van der Waals surface area contributed by atoms with Crippen LogP contribution < -0.4 is 26.6 Å². The van der Waals surface area contributed by atoms with Crippen molar-refractivity contribution in [2.75, 3.05) is 57.4 Å². The Morgan fingerprint density at radius 2 is 1.86 bits per heavy atom. The predicted molar refractivity (Wildman–Crippen MR) is 164 cm³/mol. The number of esters is 1. The summed E-state index contributed by atoms with van der Waals surface area (Å²) >= 11 is 0. The maximum Gasteiger partial charge on any atom is 0.308 e. The van der Waals surface area contributed by atoms with Gasteiger partial charge in [0, 0.05) is 50.7 Å². The normalized spacial score (nSPS) is 28.3. The molecule has 3 heterocycles. The number of hydrogen-bond donors (Lipinski definition) is 5. The van der Waals surface area contributed by atoms with Gasteiger partial charge < -0.3 is 36.1 Å². The fraction of sp³-hybridized carbons (Fsp3) is 0.714. The fourth-order valence-corrected chi connectivity index (χ4v) is 7.08. The Morgan fingerprint density at radius 3 is 2.64 bits per heavy atom. The number of allylic oxidation sites excluding steroid dienone is 1. The van der Waals surface area contributed by atoms with Gasteiger partial charge in [-0.3, -0.25) is 33.7 Å². The molecule has 3 fully saturated rings. The summed E-state index contributed by atoms with van der Waals surface area (Å²) in [5, 5.41) is 13.8. The number of carbonyl (C=O) groups excluding carboxylic acids is 6. The largest absolute Gasteiger partial charge is 0.458 e. The van der Waals surface area contributed by atoms with Gasteiger partial charge in [-0.1, -0.05) is 27.7 Å². The van der Waals surface area contributed by atoms with Gasteiger partial charge in [0.25, 0.3) is 0 Å². The van der Waals surface area contributed by atoms with Crippen LogP contribution in [0.4, 0.5) is 0 Å². The van der Waals surface area contributed by atoms with Gasteiger partial charge >= 0.3 is 5.97 Å². The van der Waals surface area contributed by atoms with E-state index in [0.717, 1.165) is 13.1 Å². The number of nitrogens with zero attached hydrogens (tertiary/aromatic N) is 1. The van der Waals surface area contributed by atoms with E-state index in [9.17, 15) is 28.8 Å². The molecule has 5 amide bonds. The second-order valence-corrected chi connectivity index (χ2v) is 13.8. The van der Waals surface area contributed by atoms with Crippen LogP contribution in [0.5, 0.6) is 0 Å². The Bertz CT molecular complexity index is 1100. The molecule has 0 aromatic rings. The van der Waals surface area contributed by atoms with E-state index in [1.165, 1.54) is 21.6 Å². The Labute approximate surface area is 264 Å². The van der Waals surface area contributed by atoms with Crippen LogP contribution >= 0.6 is 21.6 Å². The van der Waals surface area contributed by atoms with Crippen molar-refractivity contribution >= 4 is 57.1 Å². The lowest BCUT2D eigenvalue weighted by molar-refractivity contribution is -0.148. The van der Waals surface area contributed by atoms with Crippen LogP contribution in [0.1, 0.15) is 44.9 Å². The van der Waals surface area contributed by atoms with Gasteiger partial charge in [-0.05, 0) is 31.8 Å². The number of rotatable bonds is 6. The summed E-state index contributed by atoms with van der Waals surface area (Å²) in [4.78, 5) is 80.3. The first-order valence-corrected chi connectivity index (χ1v) is 17.6. The Balaban J connectivity index is 1.48. The Hall–Kier alpha value is -2.82. The molecule has 0 unspecified atom stereocenters. The predicted octanol–water partition coefficient (Wildman–Crippen LogP) is -1.00. The van der Waals surface area contributed by atoms with E-state index in [-0.39, 0.29) is 43.9 Å². The molecule has 2 bridgehead atoms. The number of ether oxygens (including phenoxy) is 2. The van der Waals surface area contributed by atoms with Gasteiger partial charge in [0.15, 0.2) is 0 Å². The van der Waals surface area contributed by atoms with Gasteiger partial charge in [-0.15, -0.1) is 0 Å². The standard InChI is InChI=1S/C28H42N6O8S2/c35-22(29-10-11-34-12-14-41-15-13-34)5-4-20-25(38)32-21-18-44-43-16-2-1-3-19(17-23(36)31-20)42-24(37)6-9-30-27(40)28(7-8-28)33-26(21)39/h1,3,19-21H,2,4-18H2,(H,29,35)(H,30,40)(H,31,36)(H,32,38)(H,33,39)/b3-1+/t19-,20-,21-/m1/s1. The average molecular weight is 655 g/mol. The summed E-state index contributed by atoms with van der Waals surface area (Å²) < 4.78 is 10.9. The number of hydrogen-bond acceptors (Lipinski definition) is 11. The molecule has 2 saturated heterocycles. The summed E-state index contributed by atoms with van der Waals surface area (Å²) in [6, 6.07) is -2.11.